The fourth-order valence-electron chi connectivity index (χ4n) is 2.84. The summed E-state index contributed by atoms with van der Waals surface area (Å²) < 4.78 is 7.66. The molecule has 0 radical (unpaired) electrons. The van der Waals surface area contributed by atoms with E-state index in [9.17, 15) is 4.79 Å². The van der Waals surface area contributed by atoms with Crippen molar-refractivity contribution in [3.8, 4) is 0 Å². The zero-order valence-corrected chi connectivity index (χ0v) is 13.3. The lowest BCUT2D eigenvalue weighted by Gasteiger charge is -2.29. The average Bonchev–Trinajstić information content (AvgIpc) is 2.80. The van der Waals surface area contributed by atoms with Crippen LogP contribution in [0, 0.1) is 5.41 Å². The van der Waals surface area contributed by atoms with Crippen molar-refractivity contribution in [1.82, 2.24) is 19.5 Å². The third-order valence-electron chi connectivity index (χ3n) is 4.15. The van der Waals surface area contributed by atoms with Gasteiger partial charge in [0.1, 0.15) is 12.0 Å². The first kappa shape index (κ1) is 15.0. The van der Waals surface area contributed by atoms with Crippen LogP contribution in [0.25, 0.3) is 5.65 Å². The summed E-state index contributed by atoms with van der Waals surface area (Å²) in [4.78, 5) is 14.7. The fraction of sp³-hybridized carbons (Fsp3) is 0.562. The van der Waals surface area contributed by atoms with Gasteiger partial charge in [-0.3, -0.25) is 9.20 Å². The molecule has 1 unspecified atom stereocenters. The van der Waals surface area contributed by atoms with E-state index >= 15 is 0 Å². The predicted molar refractivity (Wildman–Crippen MR) is 82.7 cm³/mol. The molecule has 0 spiro atoms. The Bertz CT molecular complexity index is 674. The highest BCUT2D eigenvalue weighted by atomic mass is 16.5. The lowest BCUT2D eigenvalue weighted by Crippen LogP contribution is -2.34. The van der Waals surface area contributed by atoms with Crippen molar-refractivity contribution < 1.29 is 9.53 Å². The van der Waals surface area contributed by atoms with Gasteiger partial charge in [0.05, 0.1) is 12.7 Å². The van der Waals surface area contributed by atoms with E-state index in [0.717, 1.165) is 6.42 Å². The molecule has 1 saturated heterocycles. The van der Waals surface area contributed by atoms with Gasteiger partial charge in [0.25, 0.3) is 5.91 Å². The number of nitrogens with zero attached hydrogens (tertiary/aromatic N) is 4. The first-order chi connectivity index (χ1) is 10.5. The average molecular weight is 302 g/mol. The van der Waals surface area contributed by atoms with Gasteiger partial charge in [-0.15, -0.1) is 10.2 Å². The van der Waals surface area contributed by atoms with Crippen molar-refractivity contribution >= 4 is 11.6 Å². The molecule has 1 atom stereocenters. The Morgan fingerprint density at radius 2 is 2.14 bits per heavy atom. The molecule has 0 bridgehead atoms. The van der Waals surface area contributed by atoms with Crippen molar-refractivity contribution in [2.24, 2.45) is 5.41 Å². The van der Waals surface area contributed by atoms with E-state index in [2.05, 4.69) is 31.0 Å². The number of aromatic nitrogens is 3. The van der Waals surface area contributed by atoms with E-state index in [1.54, 1.807) is 10.7 Å². The number of hydrogen-bond donors (Lipinski definition) is 0. The van der Waals surface area contributed by atoms with E-state index < -0.39 is 0 Å². The summed E-state index contributed by atoms with van der Waals surface area (Å²) in [5, 5.41) is 7.86. The Labute approximate surface area is 130 Å². The molecule has 1 aliphatic heterocycles. The molecular weight excluding hydrogens is 280 g/mol. The number of carbonyl (C=O) groups excluding carboxylic acids is 1. The molecule has 1 fully saturated rings. The lowest BCUT2D eigenvalue weighted by atomic mass is 9.87. The molecule has 1 amide bonds. The minimum Gasteiger partial charge on any atom is -0.376 e. The molecule has 3 heterocycles. The number of rotatable bonds is 1. The van der Waals surface area contributed by atoms with Crippen LogP contribution in [0.4, 0.5) is 0 Å². The molecule has 22 heavy (non-hydrogen) atoms. The van der Waals surface area contributed by atoms with E-state index in [1.165, 1.54) is 0 Å². The summed E-state index contributed by atoms with van der Waals surface area (Å²) in [6.07, 6.45) is 2.61. The SMILES string of the molecule is CC(C)(C)C1CCN(C(=O)c2cccc3nncn23)CCO1. The van der Waals surface area contributed by atoms with Gasteiger partial charge in [0.2, 0.25) is 0 Å². The first-order valence-corrected chi connectivity index (χ1v) is 7.66. The van der Waals surface area contributed by atoms with Gasteiger partial charge in [-0.05, 0) is 24.0 Å². The molecule has 0 N–H and O–H groups in total. The maximum absolute atomic E-state index is 12.8. The van der Waals surface area contributed by atoms with Crippen molar-refractivity contribution in [2.45, 2.75) is 33.3 Å². The Balaban J connectivity index is 1.80. The molecule has 6 heteroatoms. The van der Waals surface area contributed by atoms with Crippen molar-refractivity contribution in [3.05, 3.63) is 30.2 Å². The fourth-order valence-corrected chi connectivity index (χ4v) is 2.84. The van der Waals surface area contributed by atoms with Crippen LogP contribution in [0.3, 0.4) is 0 Å². The topological polar surface area (TPSA) is 59.7 Å². The normalized spacial score (nSPS) is 20.1. The predicted octanol–water partition coefficient (Wildman–Crippen LogP) is 2.01. The highest BCUT2D eigenvalue weighted by Crippen LogP contribution is 2.27. The number of hydrogen-bond acceptors (Lipinski definition) is 4. The molecule has 0 aromatic carbocycles. The van der Waals surface area contributed by atoms with Crippen LogP contribution in [-0.2, 0) is 4.74 Å². The summed E-state index contributed by atoms with van der Waals surface area (Å²) >= 11 is 0. The van der Waals surface area contributed by atoms with Crippen LogP contribution >= 0.6 is 0 Å². The van der Waals surface area contributed by atoms with Crippen LogP contribution in [0.1, 0.15) is 37.7 Å². The second kappa shape index (κ2) is 5.68. The molecule has 118 valence electrons. The van der Waals surface area contributed by atoms with Gasteiger partial charge >= 0.3 is 0 Å². The summed E-state index contributed by atoms with van der Waals surface area (Å²) in [5.41, 5.74) is 1.37. The van der Waals surface area contributed by atoms with Gasteiger partial charge in [0, 0.05) is 13.1 Å². The molecule has 2 aromatic rings. The quantitative estimate of drug-likeness (QED) is 0.808. The summed E-state index contributed by atoms with van der Waals surface area (Å²) in [6.45, 7) is 8.42. The second-order valence-corrected chi connectivity index (χ2v) is 6.78. The van der Waals surface area contributed by atoms with Gasteiger partial charge in [0.15, 0.2) is 5.65 Å². The number of fused-ring (bicyclic) bond motifs is 1. The van der Waals surface area contributed by atoms with Crippen LogP contribution in [0.5, 0.6) is 0 Å². The number of amides is 1. The largest absolute Gasteiger partial charge is 0.376 e. The Morgan fingerprint density at radius 1 is 1.32 bits per heavy atom. The van der Waals surface area contributed by atoms with Gasteiger partial charge < -0.3 is 9.64 Å². The molecule has 1 aliphatic rings. The molecular formula is C16H22N4O2. The molecule has 2 aromatic heterocycles. The third-order valence-corrected chi connectivity index (χ3v) is 4.15. The zero-order valence-electron chi connectivity index (χ0n) is 13.3. The summed E-state index contributed by atoms with van der Waals surface area (Å²) in [6, 6.07) is 5.49. The van der Waals surface area contributed by atoms with Gasteiger partial charge in [-0.25, -0.2) is 0 Å². The van der Waals surface area contributed by atoms with Crippen LogP contribution < -0.4 is 0 Å². The van der Waals surface area contributed by atoms with Crippen LogP contribution in [0.2, 0.25) is 0 Å². The highest BCUT2D eigenvalue weighted by molar-refractivity contribution is 5.93. The maximum atomic E-state index is 12.8. The Morgan fingerprint density at radius 3 is 2.91 bits per heavy atom. The minimum absolute atomic E-state index is 0.00330. The summed E-state index contributed by atoms with van der Waals surface area (Å²) in [7, 11) is 0. The monoisotopic (exact) mass is 302 g/mol. The first-order valence-electron chi connectivity index (χ1n) is 7.66. The Hall–Kier alpha value is -1.95. The molecule has 6 nitrogen and oxygen atoms in total. The number of carbonyl (C=O) groups is 1. The molecule has 0 saturated carbocycles. The zero-order chi connectivity index (χ0) is 15.7. The smallest absolute Gasteiger partial charge is 0.271 e. The van der Waals surface area contributed by atoms with E-state index in [1.807, 2.05) is 23.1 Å². The van der Waals surface area contributed by atoms with Gasteiger partial charge in [-0.1, -0.05) is 26.8 Å². The minimum atomic E-state index is 0.00330. The van der Waals surface area contributed by atoms with Crippen LogP contribution in [0.15, 0.2) is 24.5 Å². The number of ether oxygens (including phenoxy) is 1. The van der Waals surface area contributed by atoms with Crippen molar-refractivity contribution in [2.75, 3.05) is 19.7 Å². The van der Waals surface area contributed by atoms with E-state index in [-0.39, 0.29) is 17.4 Å². The van der Waals surface area contributed by atoms with E-state index in [0.29, 0.717) is 31.0 Å². The highest BCUT2D eigenvalue weighted by Gasteiger charge is 2.30. The lowest BCUT2D eigenvalue weighted by molar-refractivity contribution is -0.00973. The molecule has 3 rings (SSSR count). The molecule has 0 aliphatic carbocycles. The van der Waals surface area contributed by atoms with Crippen LogP contribution in [-0.4, -0.2) is 51.2 Å². The van der Waals surface area contributed by atoms with Crippen molar-refractivity contribution in [1.29, 1.82) is 0 Å². The maximum Gasteiger partial charge on any atom is 0.271 e. The number of pyridine rings is 1. The standard InChI is InChI=1S/C16H22N4O2/c1-16(2,3)13-7-8-19(9-10-22-13)15(21)12-5-4-6-14-18-17-11-20(12)14/h4-6,11,13H,7-10H2,1-3H3. The Kier molecular flexibility index (Phi) is 3.87. The van der Waals surface area contributed by atoms with Crippen molar-refractivity contribution in [3.63, 3.8) is 0 Å². The van der Waals surface area contributed by atoms with E-state index in [4.69, 9.17) is 4.74 Å². The van der Waals surface area contributed by atoms with Gasteiger partial charge in [-0.2, -0.15) is 0 Å². The third kappa shape index (κ3) is 2.83. The summed E-state index contributed by atoms with van der Waals surface area (Å²) in [5.74, 6) is 0.00330. The second-order valence-electron chi connectivity index (χ2n) is 6.78.